The standard InChI is InChI=1S/C23H21NO2/c1-16-8-10-18(11-9-16)22-20-13-12-19(26-2)14-21(20)23(25)24(22)15-17-6-4-3-5-7-17/h3-14,22H,15H2,1-2H3. The maximum atomic E-state index is 13.2. The van der Waals surface area contributed by atoms with Crippen molar-refractivity contribution in [1.29, 1.82) is 0 Å². The van der Waals surface area contributed by atoms with E-state index in [9.17, 15) is 4.79 Å². The molecule has 3 aromatic carbocycles. The molecular formula is C23H21NO2. The molecule has 0 saturated carbocycles. The summed E-state index contributed by atoms with van der Waals surface area (Å²) in [5, 5.41) is 0. The Balaban J connectivity index is 1.80. The summed E-state index contributed by atoms with van der Waals surface area (Å²) in [6, 6.07) is 24.3. The number of benzene rings is 3. The SMILES string of the molecule is COc1ccc2c(c1)C(=O)N(Cc1ccccc1)C2c1ccc(C)cc1. The number of hydrogen-bond donors (Lipinski definition) is 0. The Morgan fingerprint density at radius 2 is 1.69 bits per heavy atom. The Hall–Kier alpha value is -3.07. The number of ether oxygens (including phenoxy) is 1. The Bertz CT molecular complexity index is 932. The fraction of sp³-hybridized carbons (Fsp3) is 0.174. The molecule has 26 heavy (non-hydrogen) atoms. The van der Waals surface area contributed by atoms with E-state index >= 15 is 0 Å². The zero-order valence-electron chi connectivity index (χ0n) is 15.0. The van der Waals surface area contributed by atoms with Crippen molar-refractivity contribution in [3.05, 3.63) is 101 Å². The van der Waals surface area contributed by atoms with Gasteiger partial charge in [0.2, 0.25) is 0 Å². The van der Waals surface area contributed by atoms with Crippen LogP contribution in [0, 0.1) is 6.92 Å². The van der Waals surface area contributed by atoms with Crippen LogP contribution in [0.15, 0.2) is 72.8 Å². The molecule has 0 aromatic heterocycles. The number of methoxy groups -OCH3 is 1. The molecule has 1 aliphatic heterocycles. The van der Waals surface area contributed by atoms with E-state index in [1.807, 2.05) is 41.3 Å². The van der Waals surface area contributed by atoms with Crippen molar-refractivity contribution in [3.63, 3.8) is 0 Å². The van der Waals surface area contributed by atoms with Gasteiger partial charge in [0.15, 0.2) is 0 Å². The normalized spacial score (nSPS) is 15.8. The Labute approximate surface area is 153 Å². The maximum Gasteiger partial charge on any atom is 0.255 e. The van der Waals surface area contributed by atoms with Crippen LogP contribution in [0.3, 0.4) is 0 Å². The summed E-state index contributed by atoms with van der Waals surface area (Å²) < 4.78 is 5.33. The van der Waals surface area contributed by atoms with E-state index in [0.29, 0.717) is 12.3 Å². The summed E-state index contributed by atoms with van der Waals surface area (Å²) in [6.45, 7) is 2.65. The molecule has 1 heterocycles. The first-order chi connectivity index (χ1) is 12.7. The second-order valence-electron chi connectivity index (χ2n) is 6.69. The summed E-state index contributed by atoms with van der Waals surface area (Å²) in [7, 11) is 1.63. The fourth-order valence-electron chi connectivity index (χ4n) is 3.58. The quantitative estimate of drug-likeness (QED) is 0.684. The number of aryl methyl sites for hydroxylation is 1. The number of carbonyl (C=O) groups excluding carboxylic acids is 1. The van der Waals surface area contributed by atoms with Crippen molar-refractivity contribution < 1.29 is 9.53 Å². The first-order valence-corrected chi connectivity index (χ1v) is 8.77. The fourth-order valence-corrected chi connectivity index (χ4v) is 3.58. The lowest BCUT2D eigenvalue weighted by molar-refractivity contribution is 0.0735. The predicted molar refractivity (Wildman–Crippen MR) is 102 cm³/mol. The molecule has 0 bridgehead atoms. The average molecular weight is 343 g/mol. The van der Waals surface area contributed by atoms with Crippen LogP contribution in [0.4, 0.5) is 0 Å². The predicted octanol–water partition coefficient (Wildman–Crippen LogP) is 4.75. The first-order valence-electron chi connectivity index (χ1n) is 8.77. The van der Waals surface area contributed by atoms with Crippen molar-refractivity contribution in [2.75, 3.05) is 7.11 Å². The van der Waals surface area contributed by atoms with Crippen LogP contribution >= 0.6 is 0 Å². The first kappa shape index (κ1) is 16.4. The van der Waals surface area contributed by atoms with Gasteiger partial charge in [0.05, 0.1) is 13.2 Å². The second kappa shape index (κ2) is 6.68. The summed E-state index contributed by atoms with van der Waals surface area (Å²) >= 11 is 0. The molecule has 130 valence electrons. The van der Waals surface area contributed by atoms with Crippen molar-refractivity contribution in [2.24, 2.45) is 0 Å². The number of nitrogens with zero attached hydrogens (tertiary/aromatic N) is 1. The summed E-state index contributed by atoms with van der Waals surface area (Å²) in [5.74, 6) is 0.759. The summed E-state index contributed by atoms with van der Waals surface area (Å²) in [4.78, 5) is 15.1. The van der Waals surface area contributed by atoms with Gasteiger partial charge in [-0.15, -0.1) is 0 Å². The molecule has 1 unspecified atom stereocenters. The highest BCUT2D eigenvalue weighted by molar-refractivity contribution is 6.00. The molecule has 3 aromatic rings. The van der Waals surface area contributed by atoms with Gasteiger partial charge < -0.3 is 9.64 Å². The second-order valence-corrected chi connectivity index (χ2v) is 6.69. The van der Waals surface area contributed by atoms with Gasteiger partial charge in [-0.1, -0.05) is 66.2 Å². The number of fused-ring (bicyclic) bond motifs is 1. The van der Waals surface area contributed by atoms with E-state index < -0.39 is 0 Å². The minimum absolute atomic E-state index is 0.0494. The van der Waals surface area contributed by atoms with Crippen LogP contribution in [0.1, 0.15) is 38.7 Å². The molecule has 3 nitrogen and oxygen atoms in total. The van der Waals surface area contributed by atoms with Gasteiger partial charge in [-0.2, -0.15) is 0 Å². The highest BCUT2D eigenvalue weighted by Crippen LogP contribution is 2.40. The van der Waals surface area contributed by atoms with E-state index in [1.54, 1.807) is 7.11 Å². The van der Waals surface area contributed by atoms with E-state index in [-0.39, 0.29) is 11.9 Å². The van der Waals surface area contributed by atoms with Crippen molar-refractivity contribution in [3.8, 4) is 5.75 Å². The van der Waals surface area contributed by atoms with Crippen molar-refractivity contribution in [2.45, 2.75) is 19.5 Å². The molecule has 0 aliphatic carbocycles. The zero-order valence-corrected chi connectivity index (χ0v) is 15.0. The highest BCUT2D eigenvalue weighted by Gasteiger charge is 2.37. The van der Waals surface area contributed by atoms with E-state index in [1.165, 1.54) is 5.56 Å². The van der Waals surface area contributed by atoms with Gasteiger partial charge in [-0.05, 0) is 35.7 Å². The van der Waals surface area contributed by atoms with E-state index in [4.69, 9.17) is 4.74 Å². The maximum absolute atomic E-state index is 13.2. The Morgan fingerprint density at radius 3 is 2.38 bits per heavy atom. The smallest absolute Gasteiger partial charge is 0.255 e. The van der Waals surface area contributed by atoms with Crippen LogP contribution in [0.25, 0.3) is 0 Å². The van der Waals surface area contributed by atoms with Crippen LogP contribution in [0.5, 0.6) is 5.75 Å². The largest absolute Gasteiger partial charge is 0.497 e. The lowest BCUT2D eigenvalue weighted by Gasteiger charge is -2.26. The lowest BCUT2D eigenvalue weighted by Crippen LogP contribution is -2.28. The van der Waals surface area contributed by atoms with Crippen molar-refractivity contribution >= 4 is 5.91 Å². The molecule has 1 atom stereocenters. The van der Waals surface area contributed by atoms with Gasteiger partial charge in [-0.3, -0.25) is 4.79 Å². The molecular weight excluding hydrogens is 322 g/mol. The van der Waals surface area contributed by atoms with Gasteiger partial charge in [-0.25, -0.2) is 0 Å². The Kier molecular flexibility index (Phi) is 4.21. The van der Waals surface area contributed by atoms with Crippen LogP contribution in [-0.2, 0) is 6.54 Å². The van der Waals surface area contributed by atoms with Crippen LogP contribution in [0.2, 0.25) is 0 Å². The molecule has 0 N–H and O–H groups in total. The molecule has 1 amide bonds. The van der Waals surface area contributed by atoms with Gasteiger partial charge >= 0.3 is 0 Å². The van der Waals surface area contributed by atoms with E-state index in [2.05, 4.69) is 43.3 Å². The molecule has 0 fully saturated rings. The minimum atomic E-state index is -0.0794. The molecule has 4 rings (SSSR count). The number of amides is 1. The third kappa shape index (κ3) is 2.86. The van der Waals surface area contributed by atoms with Crippen LogP contribution in [-0.4, -0.2) is 17.9 Å². The molecule has 3 heteroatoms. The van der Waals surface area contributed by atoms with Crippen molar-refractivity contribution in [1.82, 2.24) is 4.90 Å². The molecule has 0 saturated heterocycles. The molecule has 0 spiro atoms. The van der Waals surface area contributed by atoms with Gasteiger partial charge in [0.1, 0.15) is 5.75 Å². The monoisotopic (exact) mass is 343 g/mol. The molecule has 0 radical (unpaired) electrons. The topological polar surface area (TPSA) is 29.5 Å². The number of carbonyl (C=O) groups is 1. The Morgan fingerprint density at radius 1 is 0.962 bits per heavy atom. The van der Waals surface area contributed by atoms with Gasteiger partial charge in [0, 0.05) is 12.1 Å². The molecule has 1 aliphatic rings. The summed E-state index contributed by atoms with van der Waals surface area (Å²) in [5.41, 5.74) is 5.23. The third-order valence-electron chi connectivity index (χ3n) is 4.95. The van der Waals surface area contributed by atoms with Gasteiger partial charge in [0.25, 0.3) is 5.91 Å². The summed E-state index contributed by atoms with van der Waals surface area (Å²) in [6.07, 6.45) is 0. The average Bonchev–Trinajstić information content (AvgIpc) is 2.95. The lowest BCUT2D eigenvalue weighted by atomic mass is 9.97. The zero-order chi connectivity index (χ0) is 18.1. The van der Waals surface area contributed by atoms with Crippen LogP contribution < -0.4 is 4.74 Å². The van der Waals surface area contributed by atoms with E-state index in [0.717, 1.165) is 22.3 Å². The third-order valence-corrected chi connectivity index (χ3v) is 4.95. The number of hydrogen-bond acceptors (Lipinski definition) is 2. The number of rotatable bonds is 4. The highest BCUT2D eigenvalue weighted by atomic mass is 16.5. The minimum Gasteiger partial charge on any atom is -0.497 e.